The van der Waals surface area contributed by atoms with Crippen molar-refractivity contribution >= 4 is 0 Å². The van der Waals surface area contributed by atoms with Crippen LogP contribution in [0.2, 0.25) is 0 Å². The Labute approximate surface area is 160 Å². The van der Waals surface area contributed by atoms with Crippen LogP contribution in [0.25, 0.3) is 11.1 Å². The molecule has 0 amide bonds. The molecule has 0 aliphatic rings. The van der Waals surface area contributed by atoms with E-state index in [1.54, 1.807) is 7.11 Å². The molecule has 1 aromatic heterocycles. The maximum atomic E-state index is 5.97. The third-order valence-electron chi connectivity index (χ3n) is 4.13. The van der Waals surface area contributed by atoms with Gasteiger partial charge < -0.3 is 14.2 Å². The summed E-state index contributed by atoms with van der Waals surface area (Å²) in [5, 5.41) is 0. The van der Waals surface area contributed by atoms with Crippen LogP contribution in [0.3, 0.4) is 0 Å². The SMILES string of the molecule is CCOc1cc(Cc2cncnc2)cc(OCC)c1-c1ccc(OC)cc1. The van der Waals surface area contributed by atoms with Crippen LogP contribution < -0.4 is 14.2 Å². The van der Waals surface area contributed by atoms with E-state index in [0.29, 0.717) is 19.6 Å². The van der Waals surface area contributed by atoms with Crippen molar-refractivity contribution in [2.45, 2.75) is 20.3 Å². The number of rotatable bonds is 8. The first-order chi connectivity index (χ1) is 13.2. The van der Waals surface area contributed by atoms with E-state index < -0.39 is 0 Å². The van der Waals surface area contributed by atoms with E-state index in [1.807, 2.05) is 50.5 Å². The minimum atomic E-state index is 0.576. The van der Waals surface area contributed by atoms with E-state index >= 15 is 0 Å². The van der Waals surface area contributed by atoms with Gasteiger partial charge in [0.05, 0.1) is 25.9 Å². The molecule has 0 atom stereocenters. The zero-order valence-electron chi connectivity index (χ0n) is 15.9. The number of nitrogens with zero attached hydrogens (tertiary/aromatic N) is 2. The second-order valence-corrected chi connectivity index (χ2v) is 5.99. The number of benzene rings is 2. The Morgan fingerprint density at radius 3 is 1.93 bits per heavy atom. The first-order valence-electron chi connectivity index (χ1n) is 9.06. The molecule has 0 aliphatic heterocycles. The van der Waals surface area contributed by atoms with Crippen molar-refractivity contribution in [3.63, 3.8) is 0 Å². The van der Waals surface area contributed by atoms with Gasteiger partial charge in [-0.15, -0.1) is 0 Å². The smallest absolute Gasteiger partial charge is 0.131 e. The molecule has 0 saturated carbocycles. The average molecular weight is 364 g/mol. The summed E-state index contributed by atoms with van der Waals surface area (Å²) in [4.78, 5) is 8.19. The van der Waals surface area contributed by atoms with Crippen LogP contribution in [-0.4, -0.2) is 30.3 Å². The van der Waals surface area contributed by atoms with Crippen molar-refractivity contribution in [2.75, 3.05) is 20.3 Å². The highest BCUT2D eigenvalue weighted by atomic mass is 16.5. The summed E-state index contributed by atoms with van der Waals surface area (Å²) >= 11 is 0. The fourth-order valence-corrected chi connectivity index (χ4v) is 2.98. The number of hydrogen-bond donors (Lipinski definition) is 0. The summed E-state index contributed by atoms with van der Waals surface area (Å²) in [5.41, 5.74) is 4.11. The first-order valence-corrected chi connectivity index (χ1v) is 9.06. The van der Waals surface area contributed by atoms with E-state index in [1.165, 1.54) is 6.33 Å². The Balaban J connectivity index is 2.06. The molecule has 2 aromatic carbocycles. The van der Waals surface area contributed by atoms with Gasteiger partial charge in [0.1, 0.15) is 23.6 Å². The Hall–Kier alpha value is -3.08. The third-order valence-corrected chi connectivity index (χ3v) is 4.13. The van der Waals surface area contributed by atoms with Crippen LogP contribution in [0, 0.1) is 0 Å². The van der Waals surface area contributed by atoms with Gasteiger partial charge in [0.2, 0.25) is 0 Å². The largest absolute Gasteiger partial charge is 0.497 e. The van der Waals surface area contributed by atoms with Gasteiger partial charge in [0.15, 0.2) is 0 Å². The van der Waals surface area contributed by atoms with E-state index in [9.17, 15) is 0 Å². The zero-order valence-corrected chi connectivity index (χ0v) is 15.9. The van der Waals surface area contributed by atoms with Crippen LogP contribution in [0.1, 0.15) is 25.0 Å². The van der Waals surface area contributed by atoms with Gasteiger partial charge in [0.25, 0.3) is 0 Å². The fraction of sp³-hybridized carbons (Fsp3) is 0.273. The molecule has 3 rings (SSSR count). The Bertz CT molecular complexity index is 837. The molecule has 1 heterocycles. The van der Waals surface area contributed by atoms with E-state index in [4.69, 9.17) is 14.2 Å². The molecular weight excluding hydrogens is 340 g/mol. The molecule has 27 heavy (non-hydrogen) atoms. The van der Waals surface area contributed by atoms with Crippen LogP contribution in [0.5, 0.6) is 17.2 Å². The normalized spacial score (nSPS) is 10.5. The summed E-state index contributed by atoms with van der Waals surface area (Å²) in [5.74, 6) is 2.43. The molecule has 0 radical (unpaired) electrons. The van der Waals surface area contributed by atoms with Crippen LogP contribution in [-0.2, 0) is 6.42 Å². The molecule has 0 spiro atoms. The van der Waals surface area contributed by atoms with Gasteiger partial charge in [-0.25, -0.2) is 9.97 Å². The molecule has 3 aromatic rings. The number of hydrogen-bond acceptors (Lipinski definition) is 5. The van der Waals surface area contributed by atoms with Crippen LogP contribution in [0.4, 0.5) is 0 Å². The quantitative estimate of drug-likeness (QED) is 0.587. The Morgan fingerprint density at radius 1 is 0.815 bits per heavy atom. The van der Waals surface area contributed by atoms with Crippen molar-refractivity contribution in [3.05, 3.63) is 66.2 Å². The maximum absolute atomic E-state index is 5.97. The topological polar surface area (TPSA) is 53.5 Å². The lowest BCUT2D eigenvalue weighted by atomic mass is 9.98. The van der Waals surface area contributed by atoms with E-state index in [2.05, 4.69) is 22.1 Å². The predicted octanol–water partition coefficient (Wildman–Crippen LogP) is 4.54. The third kappa shape index (κ3) is 4.56. The van der Waals surface area contributed by atoms with E-state index in [0.717, 1.165) is 39.5 Å². The summed E-state index contributed by atoms with van der Waals surface area (Å²) in [6.07, 6.45) is 5.90. The minimum absolute atomic E-state index is 0.576. The average Bonchev–Trinajstić information content (AvgIpc) is 2.69. The van der Waals surface area contributed by atoms with Crippen LogP contribution >= 0.6 is 0 Å². The molecular formula is C22H24N2O3. The summed E-state index contributed by atoms with van der Waals surface area (Å²) in [6, 6.07) is 12.1. The summed E-state index contributed by atoms with van der Waals surface area (Å²) in [6.45, 7) is 5.12. The van der Waals surface area contributed by atoms with E-state index in [-0.39, 0.29) is 0 Å². The number of methoxy groups -OCH3 is 1. The van der Waals surface area contributed by atoms with Crippen molar-refractivity contribution in [3.8, 4) is 28.4 Å². The molecule has 0 fully saturated rings. The van der Waals surface area contributed by atoms with Crippen molar-refractivity contribution in [1.29, 1.82) is 0 Å². The highest BCUT2D eigenvalue weighted by Gasteiger charge is 2.16. The fourth-order valence-electron chi connectivity index (χ4n) is 2.98. The zero-order chi connectivity index (χ0) is 19.1. The van der Waals surface area contributed by atoms with Gasteiger partial charge in [-0.05, 0) is 54.8 Å². The summed E-state index contributed by atoms with van der Waals surface area (Å²) < 4.78 is 17.2. The lowest BCUT2D eigenvalue weighted by molar-refractivity contribution is 0.325. The van der Waals surface area contributed by atoms with Gasteiger partial charge in [-0.3, -0.25) is 0 Å². The van der Waals surface area contributed by atoms with Crippen molar-refractivity contribution in [2.24, 2.45) is 0 Å². The molecule has 0 saturated heterocycles. The van der Waals surface area contributed by atoms with Crippen molar-refractivity contribution in [1.82, 2.24) is 9.97 Å². The number of aromatic nitrogens is 2. The first kappa shape index (κ1) is 18.7. The molecule has 140 valence electrons. The molecule has 5 nitrogen and oxygen atoms in total. The second kappa shape index (κ2) is 9.03. The molecule has 0 N–H and O–H groups in total. The summed E-state index contributed by atoms with van der Waals surface area (Å²) in [7, 11) is 1.66. The number of ether oxygens (including phenoxy) is 3. The second-order valence-electron chi connectivity index (χ2n) is 5.99. The highest BCUT2D eigenvalue weighted by Crippen LogP contribution is 2.41. The van der Waals surface area contributed by atoms with Gasteiger partial charge in [-0.1, -0.05) is 12.1 Å². The van der Waals surface area contributed by atoms with Gasteiger partial charge in [-0.2, -0.15) is 0 Å². The van der Waals surface area contributed by atoms with Gasteiger partial charge in [0, 0.05) is 18.8 Å². The lowest BCUT2D eigenvalue weighted by Gasteiger charge is -2.18. The predicted molar refractivity (Wildman–Crippen MR) is 106 cm³/mol. The highest BCUT2D eigenvalue weighted by molar-refractivity contribution is 5.78. The molecule has 0 aliphatic carbocycles. The molecule has 0 unspecified atom stereocenters. The lowest BCUT2D eigenvalue weighted by Crippen LogP contribution is -2.02. The molecule has 5 heteroatoms. The Kier molecular flexibility index (Phi) is 6.26. The molecule has 0 bridgehead atoms. The maximum Gasteiger partial charge on any atom is 0.131 e. The van der Waals surface area contributed by atoms with Crippen LogP contribution in [0.15, 0.2) is 55.1 Å². The minimum Gasteiger partial charge on any atom is -0.497 e. The standard InChI is InChI=1S/C22H24N2O3/c1-4-26-20-11-16(10-17-13-23-15-24-14-17)12-21(27-5-2)22(20)18-6-8-19(25-3)9-7-18/h6-9,11-15H,4-5,10H2,1-3H3. The monoisotopic (exact) mass is 364 g/mol. The Morgan fingerprint density at radius 2 is 1.41 bits per heavy atom. The van der Waals surface area contributed by atoms with Crippen molar-refractivity contribution < 1.29 is 14.2 Å². The van der Waals surface area contributed by atoms with Gasteiger partial charge >= 0.3 is 0 Å².